The van der Waals surface area contributed by atoms with Crippen LogP contribution in [0.2, 0.25) is 0 Å². The zero-order valence-electron chi connectivity index (χ0n) is 10.5. The molecule has 0 aliphatic carbocycles. The number of rotatable bonds is 1. The first kappa shape index (κ1) is 11.5. The topological polar surface area (TPSA) is 49.3 Å². The molecule has 0 atom stereocenters. The highest BCUT2D eigenvalue weighted by Gasteiger charge is 2.24. The summed E-state index contributed by atoms with van der Waals surface area (Å²) in [7, 11) is 0. The summed E-state index contributed by atoms with van der Waals surface area (Å²) in [6.07, 6.45) is 1.87. The standard InChI is InChI=1S/C16H13NO2/c1-10-3-2-4-11(7-10)8-14-13-6-5-12(18)9-15(13)17-16(14)19/h2-9,18H,1H3,(H,17,19)/b14-8-. The molecule has 1 heterocycles. The molecule has 0 aromatic heterocycles. The van der Waals surface area contributed by atoms with E-state index in [0.29, 0.717) is 11.3 Å². The number of phenols is 1. The van der Waals surface area contributed by atoms with Crippen molar-refractivity contribution in [1.29, 1.82) is 0 Å². The van der Waals surface area contributed by atoms with E-state index in [1.54, 1.807) is 18.2 Å². The number of aromatic hydroxyl groups is 1. The molecule has 0 saturated heterocycles. The van der Waals surface area contributed by atoms with Gasteiger partial charge in [-0.15, -0.1) is 0 Å². The van der Waals surface area contributed by atoms with Gasteiger partial charge in [0.1, 0.15) is 5.75 Å². The van der Waals surface area contributed by atoms with Crippen molar-refractivity contribution in [3.05, 3.63) is 59.2 Å². The van der Waals surface area contributed by atoms with Crippen molar-refractivity contribution in [2.75, 3.05) is 5.32 Å². The van der Waals surface area contributed by atoms with Crippen LogP contribution in [-0.4, -0.2) is 11.0 Å². The summed E-state index contributed by atoms with van der Waals surface area (Å²) in [5.74, 6) is 0.0120. The second-order valence-corrected chi connectivity index (χ2v) is 4.66. The van der Waals surface area contributed by atoms with E-state index in [0.717, 1.165) is 16.7 Å². The Morgan fingerprint density at radius 3 is 2.79 bits per heavy atom. The minimum atomic E-state index is -0.137. The minimum absolute atomic E-state index is 0.137. The number of carbonyl (C=O) groups is 1. The number of hydrogen-bond donors (Lipinski definition) is 2. The van der Waals surface area contributed by atoms with Crippen molar-refractivity contribution >= 4 is 23.2 Å². The van der Waals surface area contributed by atoms with Crippen molar-refractivity contribution in [1.82, 2.24) is 0 Å². The lowest BCUT2D eigenvalue weighted by Gasteiger charge is -2.00. The molecule has 1 amide bonds. The van der Waals surface area contributed by atoms with Crippen LogP contribution in [0, 0.1) is 6.92 Å². The van der Waals surface area contributed by atoms with Crippen LogP contribution in [0.15, 0.2) is 42.5 Å². The molecule has 0 unspecified atom stereocenters. The van der Waals surface area contributed by atoms with Gasteiger partial charge in [-0.25, -0.2) is 0 Å². The lowest BCUT2D eigenvalue weighted by molar-refractivity contribution is -0.110. The van der Waals surface area contributed by atoms with Crippen LogP contribution in [-0.2, 0) is 4.79 Å². The summed E-state index contributed by atoms with van der Waals surface area (Å²) in [5, 5.41) is 12.2. The summed E-state index contributed by atoms with van der Waals surface area (Å²) in [6.45, 7) is 2.02. The van der Waals surface area contributed by atoms with Crippen LogP contribution < -0.4 is 5.32 Å². The number of hydrogen-bond acceptors (Lipinski definition) is 2. The highest BCUT2D eigenvalue weighted by atomic mass is 16.3. The first-order valence-electron chi connectivity index (χ1n) is 6.06. The number of carbonyl (C=O) groups excluding carboxylic acids is 1. The van der Waals surface area contributed by atoms with E-state index in [9.17, 15) is 9.90 Å². The third-order valence-electron chi connectivity index (χ3n) is 3.14. The van der Waals surface area contributed by atoms with Crippen molar-refractivity contribution in [2.45, 2.75) is 6.92 Å². The van der Waals surface area contributed by atoms with Gasteiger partial charge in [-0.05, 0) is 30.7 Å². The van der Waals surface area contributed by atoms with Gasteiger partial charge in [-0.1, -0.05) is 29.8 Å². The first-order chi connectivity index (χ1) is 9.13. The number of aryl methyl sites for hydroxylation is 1. The number of nitrogens with one attached hydrogen (secondary N) is 1. The van der Waals surface area contributed by atoms with Crippen LogP contribution in [0.3, 0.4) is 0 Å². The molecule has 1 aliphatic heterocycles. The summed E-state index contributed by atoms with van der Waals surface area (Å²) in [5.41, 5.74) is 4.25. The highest BCUT2D eigenvalue weighted by Crippen LogP contribution is 2.35. The maximum Gasteiger partial charge on any atom is 0.256 e. The number of benzene rings is 2. The second kappa shape index (κ2) is 4.28. The SMILES string of the molecule is Cc1cccc(/C=C2\C(=O)Nc3cc(O)ccc32)c1. The number of fused-ring (bicyclic) bond motifs is 1. The smallest absolute Gasteiger partial charge is 0.256 e. The Hall–Kier alpha value is -2.55. The molecule has 0 saturated carbocycles. The van der Waals surface area contributed by atoms with Crippen molar-refractivity contribution in [3.63, 3.8) is 0 Å². The molecule has 2 aromatic rings. The van der Waals surface area contributed by atoms with Crippen molar-refractivity contribution in [3.8, 4) is 5.75 Å². The summed E-state index contributed by atoms with van der Waals surface area (Å²) >= 11 is 0. The van der Waals surface area contributed by atoms with E-state index in [1.807, 2.05) is 37.3 Å². The molecule has 3 heteroatoms. The first-order valence-corrected chi connectivity index (χ1v) is 6.06. The van der Waals surface area contributed by atoms with Crippen LogP contribution >= 0.6 is 0 Å². The molecular weight excluding hydrogens is 238 g/mol. The lowest BCUT2D eigenvalue weighted by Crippen LogP contribution is -2.03. The van der Waals surface area contributed by atoms with Crippen molar-refractivity contribution < 1.29 is 9.90 Å². The molecule has 0 spiro atoms. The molecule has 94 valence electrons. The normalized spacial score (nSPS) is 15.4. The van der Waals surface area contributed by atoms with E-state index >= 15 is 0 Å². The average Bonchev–Trinajstić information content (AvgIpc) is 2.65. The van der Waals surface area contributed by atoms with Gasteiger partial charge >= 0.3 is 0 Å². The Balaban J connectivity index is 2.09. The Morgan fingerprint density at radius 1 is 1.16 bits per heavy atom. The van der Waals surface area contributed by atoms with Gasteiger partial charge in [-0.2, -0.15) is 0 Å². The van der Waals surface area contributed by atoms with E-state index in [-0.39, 0.29) is 11.7 Å². The molecule has 0 fully saturated rings. The number of amides is 1. The van der Waals surface area contributed by atoms with Crippen molar-refractivity contribution in [2.24, 2.45) is 0 Å². The van der Waals surface area contributed by atoms with Crippen LogP contribution in [0.1, 0.15) is 16.7 Å². The summed E-state index contributed by atoms with van der Waals surface area (Å²) in [4.78, 5) is 12.0. The molecule has 2 aromatic carbocycles. The van der Waals surface area contributed by atoms with Gasteiger partial charge in [0, 0.05) is 17.2 Å². The van der Waals surface area contributed by atoms with Gasteiger partial charge in [0.2, 0.25) is 0 Å². The van der Waals surface area contributed by atoms with Gasteiger partial charge in [0.15, 0.2) is 0 Å². The van der Waals surface area contributed by atoms with Crippen LogP contribution in [0.25, 0.3) is 11.6 Å². The molecule has 1 aliphatic rings. The maximum absolute atomic E-state index is 12.0. The Kier molecular flexibility index (Phi) is 2.60. The van der Waals surface area contributed by atoms with E-state index in [2.05, 4.69) is 5.32 Å². The van der Waals surface area contributed by atoms with Gasteiger partial charge in [0.25, 0.3) is 5.91 Å². The van der Waals surface area contributed by atoms with Gasteiger partial charge < -0.3 is 10.4 Å². The van der Waals surface area contributed by atoms with Gasteiger partial charge in [0.05, 0.1) is 5.69 Å². The predicted octanol–water partition coefficient (Wildman–Crippen LogP) is 3.19. The predicted molar refractivity (Wildman–Crippen MR) is 75.8 cm³/mol. The molecule has 0 bridgehead atoms. The molecular formula is C16H13NO2. The molecule has 3 rings (SSSR count). The van der Waals surface area contributed by atoms with E-state index < -0.39 is 0 Å². The Morgan fingerprint density at radius 2 is 2.00 bits per heavy atom. The monoisotopic (exact) mass is 251 g/mol. The molecule has 2 N–H and O–H groups in total. The highest BCUT2D eigenvalue weighted by molar-refractivity contribution is 6.35. The fraction of sp³-hybridized carbons (Fsp3) is 0.0625. The average molecular weight is 251 g/mol. The zero-order chi connectivity index (χ0) is 13.4. The third-order valence-corrected chi connectivity index (χ3v) is 3.14. The van der Waals surface area contributed by atoms with Crippen LogP contribution in [0.4, 0.5) is 5.69 Å². The number of phenolic OH excluding ortho intramolecular Hbond substituents is 1. The summed E-state index contributed by atoms with van der Waals surface area (Å²) < 4.78 is 0. The quantitative estimate of drug-likeness (QED) is 0.765. The fourth-order valence-electron chi connectivity index (χ4n) is 2.25. The van der Waals surface area contributed by atoms with Gasteiger partial charge in [-0.3, -0.25) is 4.79 Å². The maximum atomic E-state index is 12.0. The summed E-state index contributed by atoms with van der Waals surface area (Å²) in [6, 6.07) is 12.9. The molecule has 19 heavy (non-hydrogen) atoms. The lowest BCUT2D eigenvalue weighted by atomic mass is 10.0. The number of anilines is 1. The Labute approximate surface area is 111 Å². The molecule has 0 radical (unpaired) electrons. The minimum Gasteiger partial charge on any atom is -0.508 e. The third kappa shape index (κ3) is 2.10. The Bertz CT molecular complexity index is 702. The zero-order valence-corrected chi connectivity index (χ0v) is 10.5. The second-order valence-electron chi connectivity index (χ2n) is 4.66. The van der Waals surface area contributed by atoms with E-state index in [1.165, 1.54) is 0 Å². The fourth-order valence-corrected chi connectivity index (χ4v) is 2.25. The van der Waals surface area contributed by atoms with E-state index in [4.69, 9.17) is 0 Å². The van der Waals surface area contributed by atoms with Crippen LogP contribution in [0.5, 0.6) is 5.75 Å². The largest absolute Gasteiger partial charge is 0.508 e. The molecule has 3 nitrogen and oxygen atoms in total.